The van der Waals surface area contributed by atoms with Gasteiger partial charge in [-0.25, -0.2) is 13.4 Å². The molecule has 0 fully saturated rings. The lowest BCUT2D eigenvalue weighted by atomic mass is 10.3. The largest absolute Gasteiger partial charge is 0.312 e. The monoisotopic (exact) mass is 260 g/mol. The molecule has 1 rings (SSSR count). The van der Waals surface area contributed by atoms with Gasteiger partial charge in [0.05, 0.1) is 5.75 Å². The van der Waals surface area contributed by atoms with Gasteiger partial charge in [-0.15, -0.1) is 0 Å². The molecule has 0 aromatic rings. The summed E-state index contributed by atoms with van der Waals surface area (Å²) in [5.41, 5.74) is 0. The fourth-order valence-electron chi connectivity index (χ4n) is 1.91. The molecule has 0 N–H and O–H groups in total. The van der Waals surface area contributed by atoms with E-state index in [-0.39, 0.29) is 5.75 Å². The Bertz CT molecular complexity index is 338. The van der Waals surface area contributed by atoms with Crippen LogP contribution < -0.4 is 0 Å². The summed E-state index contributed by atoms with van der Waals surface area (Å²) in [6.07, 6.45) is 7.11. The second-order valence-electron chi connectivity index (χ2n) is 4.47. The fourth-order valence-corrected chi connectivity index (χ4v) is 3.20. The molecular formula is C12H24N2O2S. The van der Waals surface area contributed by atoms with Gasteiger partial charge in [-0.2, -0.15) is 0 Å². The lowest BCUT2D eigenvalue weighted by Crippen LogP contribution is -2.38. The van der Waals surface area contributed by atoms with Crippen LogP contribution in [0.2, 0.25) is 0 Å². The molecule has 0 radical (unpaired) electrons. The zero-order valence-electron chi connectivity index (χ0n) is 10.9. The van der Waals surface area contributed by atoms with Gasteiger partial charge in [0.1, 0.15) is 0 Å². The Hall–Kier alpha value is -0.550. The third-order valence-electron chi connectivity index (χ3n) is 2.87. The first-order valence-corrected chi connectivity index (χ1v) is 8.29. The molecular weight excluding hydrogens is 236 g/mol. The van der Waals surface area contributed by atoms with Gasteiger partial charge in [-0.05, 0) is 12.8 Å². The van der Waals surface area contributed by atoms with Crippen LogP contribution in [0.5, 0.6) is 0 Å². The number of nitrogens with zero attached hydrogens (tertiary/aromatic N) is 2. The molecule has 1 aliphatic rings. The molecule has 4 nitrogen and oxygen atoms in total. The number of rotatable bonds is 8. The maximum atomic E-state index is 11.6. The topological polar surface area (TPSA) is 40.6 Å². The molecule has 0 spiro atoms. The number of unbranched alkanes of at least 4 members (excludes halogenated alkanes) is 1. The Morgan fingerprint density at radius 2 is 1.88 bits per heavy atom. The van der Waals surface area contributed by atoms with E-state index in [9.17, 15) is 8.42 Å². The van der Waals surface area contributed by atoms with Crippen LogP contribution in [-0.4, -0.2) is 49.6 Å². The van der Waals surface area contributed by atoms with Gasteiger partial charge in [0.25, 0.3) is 0 Å². The van der Waals surface area contributed by atoms with Crippen molar-refractivity contribution in [2.75, 3.05) is 31.1 Å². The maximum Gasteiger partial charge on any atom is 0.152 e. The first kappa shape index (κ1) is 14.5. The van der Waals surface area contributed by atoms with Crippen LogP contribution in [0.4, 0.5) is 0 Å². The molecule has 0 amide bonds. The highest BCUT2D eigenvalue weighted by atomic mass is 32.2. The van der Waals surface area contributed by atoms with Gasteiger partial charge in [-0.1, -0.05) is 26.3 Å². The SMILES string of the molecule is CCCCN1CC=CN1CCS(=O)(=O)CCC. The summed E-state index contributed by atoms with van der Waals surface area (Å²) in [6, 6.07) is 0. The van der Waals surface area contributed by atoms with Crippen molar-refractivity contribution in [1.29, 1.82) is 0 Å². The van der Waals surface area contributed by atoms with E-state index in [0.717, 1.165) is 19.5 Å². The molecule has 0 atom stereocenters. The van der Waals surface area contributed by atoms with Crippen molar-refractivity contribution in [3.8, 4) is 0 Å². The van der Waals surface area contributed by atoms with E-state index in [1.165, 1.54) is 6.42 Å². The van der Waals surface area contributed by atoms with E-state index in [0.29, 0.717) is 18.7 Å². The number of sulfone groups is 1. The molecule has 0 aromatic carbocycles. The van der Waals surface area contributed by atoms with E-state index >= 15 is 0 Å². The van der Waals surface area contributed by atoms with Crippen molar-refractivity contribution in [2.45, 2.75) is 33.1 Å². The van der Waals surface area contributed by atoms with E-state index in [4.69, 9.17) is 0 Å². The van der Waals surface area contributed by atoms with E-state index in [1.54, 1.807) is 0 Å². The highest BCUT2D eigenvalue weighted by Gasteiger charge is 2.18. The van der Waals surface area contributed by atoms with Crippen LogP contribution in [0.1, 0.15) is 33.1 Å². The zero-order chi connectivity index (χ0) is 12.7. The molecule has 0 unspecified atom stereocenters. The molecule has 1 heterocycles. The first-order chi connectivity index (χ1) is 8.09. The van der Waals surface area contributed by atoms with Crippen molar-refractivity contribution in [2.24, 2.45) is 0 Å². The highest BCUT2D eigenvalue weighted by Crippen LogP contribution is 2.09. The average molecular weight is 260 g/mol. The van der Waals surface area contributed by atoms with Crippen LogP contribution >= 0.6 is 0 Å². The second kappa shape index (κ2) is 7.01. The Kier molecular flexibility index (Phi) is 5.98. The minimum atomic E-state index is -2.87. The van der Waals surface area contributed by atoms with Crippen LogP contribution in [0.25, 0.3) is 0 Å². The van der Waals surface area contributed by atoms with Gasteiger partial charge in [0, 0.05) is 31.6 Å². The number of hydrogen-bond acceptors (Lipinski definition) is 4. The van der Waals surface area contributed by atoms with Crippen LogP contribution in [0.3, 0.4) is 0 Å². The van der Waals surface area contributed by atoms with Crippen LogP contribution in [0, 0.1) is 0 Å². The molecule has 0 bridgehead atoms. The summed E-state index contributed by atoms with van der Waals surface area (Å²) < 4.78 is 23.3. The van der Waals surface area contributed by atoms with Crippen LogP contribution in [-0.2, 0) is 9.84 Å². The van der Waals surface area contributed by atoms with Gasteiger partial charge in [0.2, 0.25) is 0 Å². The summed E-state index contributed by atoms with van der Waals surface area (Å²) in [6.45, 7) is 6.58. The molecule has 0 aliphatic carbocycles. The van der Waals surface area contributed by atoms with Crippen LogP contribution in [0.15, 0.2) is 12.3 Å². The molecule has 5 heteroatoms. The number of hydrogen-bond donors (Lipinski definition) is 0. The van der Waals surface area contributed by atoms with E-state index in [1.807, 2.05) is 18.1 Å². The Labute approximate surface area is 105 Å². The Morgan fingerprint density at radius 1 is 1.12 bits per heavy atom. The van der Waals surface area contributed by atoms with Gasteiger partial charge in [0.15, 0.2) is 9.84 Å². The van der Waals surface area contributed by atoms with Crippen molar-refractivity contribution in [1.82, 2.24) is 10.0 Å². The lowest BCUT2D eigenvalue weighted by molar-refractivity contribution is 0.0568. The van der Waals surface area contributed by atoms with Crippen molar-refractivity contribution < 1.29 is 8.42 Å². The lowest BCUT2D eigenvalue weighted by Gasteiger charge is -2.28. The van der Waals surface area contributed by atoms with Gasteiger partial charge >= 0.3 is 0 Å². The molecule has 1 aliphatic heterocycles. The van der Waals surface area contributed by atoms with Crippen molar-refractivity contribution in [3.05, 3.63) is 12.3 Å². The third-order valence-corrected chi connectivity index (χ3v) is 4.71. The smallest absolute Gasteiger partial charge is 0.152 e. The fraction of sp³-hybridized carbons (Fsp3) is 0.833. The summed E-state index contributed by atoms with van der Waals surface area (Å²) in [5, 5.41) is 4.26. The molecule has 17 heavy (non-hydrogen) atoms. The van der Waals surface area contributed by atoms with Crippen molar-refractivity contribution in [3.63, 3.8) is 0 Å². The first-order valence-electron chi connectivity index (χ1n) is 6.47. The summed E-state index contributed by atoms with van der Waals surface area (Å²) in [7, 11) is -2.87. The quantitative estimate of drug-likeness (QED) is 0.665. The molecule has 0 saturated carbocycles. The van der Waals surface area contributed by atoms with Crippen molar-refractivity contribution >= 4 is 9.84 Å². The average Bonchev–Trinajstić information content (AvgIpc) is 2.71. The van der Waals surface area contributed by atoms with E-state index < -0.39 is 9.84 Å². The zero-order valence-corrected chi connectivity index (χ0v) is 11.7. The Balaban J connectivity index is 2.37. The summed E-state index contributed by atoms with van der Waals surface area (Å²) in [5.74, 6) is 0.563. The second-order valence-corrected chi connectivity index (χ2v) is 6.77. The predicted octanol–water partition coefficient (Wildman–Crippen LogP) is 1.66. The normalized spacial score (nSPS) is 16.9. The minimum Gasteiger partial charge on any atom is -0.312 e. The Morgan fingerprint density at radius 3 is 2.53 bits per heavy atom. The molecule has 0 saturated heterocycles. The summed E-state index contributed by atoms with van der Waals surface area (Å²) in [4.78, 5) is 0. The standard InChI is InChI=1S/C12H24N2O2S/c1-3-5-7-13-8-6-9-14(13)10-12-17(15,16)11-4-2/h6,9H,3-5,7-8,10-12H2,1-2H3. The third kappa shape index (κ3) is 5.08. The molecule has 100 valence electrons. The predicted molar refractivity (Wildman–Crippen MR) is 71.3 cm³/mol. The van der Waals surface area contributed by atoms with Gasteiger partial charge < -0.3 is 5.01 Å². The number of hydrazine groups is 1. The summed E-state index contributed by atoms with van der Waals surface area (Å²) >= 11 is 0. The minimum absolute atomic E-state index is 0.258. The maximum absolute atomic E-state index is 11.6. The highest BCUT2D eigenvalue weighted by molar-refractivity contribution is 7.91. The van der Waals surface area contributed by atoms with Gasteiger partial charge in [-0.3, -0.25) is 0 Å². The van der Waals surface area contributed by atoms with E-state index in [2.05, 4.69) is 18.0 Å². The molecule has 0 aromatic heterocycles.